The lowest BCUT2D eigenvalue weighted by molar-refractivity contribution is 0.270. The molecule has 36 heavy (non-hydrogen) atoms. The Bertz CT molecular complexity index is 1040. The lowest BCUT2D eigenvalue weighted by atomic mass is 9.69. The van der Waals surface area contributed by atoms with Crippen molar-refractivity contribution in [2.24, 2.45) is 0 Å². The molecule has 1 atom stereocenters. The van der Waals surface area contributed by atoms with E-state index in [1.165, 1.54) is 44.5 Å². The molecule has 4 heteroatoms. The van der Waals surface area contributed by atoms with Crippen LogP contribution in [0.1, 0.15) is 134 Å². The molecule has 0 amide bonds. The SMILES string of the molecule is Cc1cc(C(C)(C)C)cc(C(C)(C)C)c1C(CO[PH](=O)O)c1c(C)cc(C(C)(C)C)cc1C(C)(C)C. The van der Waals surface area contributed by atoms with Crippen LogP contribution in [0.5, 0.6) is 0 Å². The molecule has 0 radical (unpaired) electrons. The molecule has 1 N–H and O–H groups in total. The van der Waals surface area contributed by atoms with E-state index in [1.807, 2.05) is 0 Å². The maximum Gasteiger partial charge on any atom is 0.316 e. The fourth-order valence-electron chi connectivity index (χ4n) is 5.09. The van der Waals surface area contributed by atoms with Gasteiger partial charge in [0.25, 0.3) is 0 Å². The highest BCUT2D eigenvalue weighted by Gasteiger charge is 2.33. The molecule has 0 aromatic heterocycles. The van der Waals surface area contributed by atoms with Crippen LogP contribution in [0, 0.1) is 13.8 Å². The largest absolute Gasteiger partial charge is 0.326 e. The zero-order chi connectivity index (χ0) is 28.0. The molecule has 2 aromatic rings. The van der Waals surface area contributed by atoms with E-state index in [1.54, 1.807) is 0 Å². The van der Waals surface area contributed by atoms with E-state index in [2.05, 4.69) is 121 Å². The Morgan fingerprint density at radius 3 is 1.25 bits per heavy atom. The fourth-order valence-corrected chi connectivity index (χ4v) is 5.40. The van der Waals surface area contributed by atoms with Crippen LogP contribution in [0.3, 0.4) is 0 Å². The molecule has 3 nitrogen and oxygen atoms in total. The van der Waals surface area contributed by atoms with Gasteiger partial charge in [0.15, 0.2) is 0 Å². The molecule has 0 aliphatic heterocycles. The predicted molar refractivity (Wildman–Crippen MR) is 156 cm³/mol. The number of rotatable bonds is 5. The zero-order valence-electron chi connectivity index (χ0n) is 25.4. The summed E-state index contributed by atoms with van der Waals surface area (Å²) in [5.41, 5.74) is 9.84. The van der Waals surface area contributed by atoms with Gasteiger partial charge >= 0.3 is 8.25 Å². The highest BCUT2D eigenvalue weighted by molar-refractivity contribution is 7.32. The molecule has 202 valence electrons. The van der Waals surface area contributed by atoms with Crippen LogP contribution in [-0.2, 0) is 30.7 Å². The summed E-state index contributed by atoms with van der Waals surface area (Å²) in [5.74, 6) is -0.155. The van der Waals surface area contributed by atoms with E-state index in [4.69, 9.17) is 4.52 Å². The minimum absolute atomic E-state index is 0.0203. The average molecular weight is 515 g/mol. The molecular formula is C32H51O3P. The molecule has 0 aliphatic carbocycles. The van der Waals surface area contributed by atoms with E-state index >= 15 is 0 Å². The van der Waals surface area contributed by atoms with Gasteiger partial charge in [-0.05, 0) is 80.0 Å². The maximum atomic E-state index is 11.8. The minimum atomic E-state index is -3.08. The van der Waals surface area contributed by atoms with E-state index in [0.29, 0.717) is 0 Å². The van der Waals surface area contributed by atoms with Crippen molar-refractivity contribution in [3.63, 3.8) is 0 Å². The smallest absolute Gasteiger partial charge is 0.316 e. The van der Waals surface area contributed by atoms with Gasteiger partial charge in [-0.15, -0.1) is 0 Å². The molecule has 2 aromatic carbocycles. The van der Waals surface area contributed by atoms with Crippen molar-refractivity contribution in [2.45, 2.75) is 125 Å². The molecule has 0 heterocycles. The Labute approximate surface area is 222 Å². The number of hydrogen-bond acceptors (Lipinski definition) is 2. The summed E-state index contributed by atoms with van der Waals surface area (Å²) in [6, 6.07) is 9.31. The first-order valence-electron chi connectivity index (χ1n) is 13.2. The molecule has 0 fully saturated rings. The van der Waals surface area contributed by atoms with E-state index < -0.39 is 8.25 Å². The first kappa shape index (κ1) is 30.8. The van der Waals surface area contributed by atoms with E-state index in [-0.39, 0.29) is 34.2 Å². The van der Waals surface area contributed by atoms with Crippen molar-refractivity contribution in [3.05, 3.63) is 68.8 Å². The molecular weight excluding hydrogens is 463 g/mol. The lowest BCUT2D eigenvalue weighted by Crippen LogP contribution is -2.26. The summed E-state index contributed by atoms with van der Waals surface area (Å²) in [5, 5.41) is 0. The zero-order valence-corrected chi connectivity index (χ0v) is 26.4. The van der Waals surface area contributed by atoms with Crippen molar-refractivity contribution in [2.75, 3.05) is 6.61 Å². The van der Waals surface area contributed by atoms with Crippen molar-refractivity contribution in [3.8, 4) is 0 Å². The molecule has 0 saturated carbocycles. The molecule has 2 rings (SSSR count). The monoisotopic (exact) mass is 514 g/mol. The first-order chi connectivity index (χ1) is 16.0. The summed E-state index contributed by atoms with van der Waals surface area (Å²) >= 11 is 0. The van der Waals surface area contributed by atoms with E-state index in [0.717, 1.165) is 0 Å². The summed E-state index contributed by atoms with van der Waals surface area (Å²) < 4.78 is 17.4. The second-order valence-corrected chi connectivity index (χ2v) is 15.5. The van der Waals surface area contributed by atoms with Crippen molar-refractivity contribution in [1.29, 1.82) is 0 Å². The summed E-state index contributed by atoms with van der Waals surface area (Å²) in [7, 11) is -3.08. The van der Waals surface area contributed by atoms with Crippen LogP contribution < -0.4 is 0 Å². The summed E-state index contributed by atoms with van der Waals surface area (Å²) in [6.45, 7) is 31.6. The van der Waals surface area contributed by atoms with Crippen LogP contribution >= 0.6 is 8.25 Å². The highest BCUT2D eigenvalue weighted by Crippen LogP contribution is 2.45. The van der Waals surface area contributed by atoms with Crippen LogP contribution in [0.4, 0.5) is 0 Å². The average Bonchev–Trinajstić information content (AvgIpc) is 2.65. The minimum Gasteiger partial charge on any atom is -0.326 e. The van der Waals surface area contributed by atoms with Crippen LogP contribution in [-0.4, -0.2) is 11.5 Å². The standard InChI is InChI=1S/C32H51O3P/c1-20-15-22(29(3,4)5)17-25(31(9,10)11)27(20)24(19-35-36(33)34)28-21(2)16-23(30(6,7)8)18-26(28)32(12,13)14/h15-18,24,36H,19H2,1-14H3,(H,33,34). The fraction of sp³-hybridized carbons (Fsp3) is 0.625. The lowest BCUT2D eigenvalue weighted by Gasteiger charge is -2.36. The summed E-state index contributed by atoms with van der Waals surface area (Å²) in [4.78, 5) is 9.72. The van der Waals surface area contributed by atoms with Crippen molar-refractivity contribution in [1.82, 2.24) is 0 Å². The van der Waals surface area contributed by atoms with Gasteiger partial charge in [0.2, 0.25) is 0 Å². The van der Waals surface area contributed by atoms with Crippen molar-refractivity contribution < 1.29 is 14.0 Å². The van der Waals surface area contributed by atoms with Gasteiger partial charge in [0, 0.05) is 5.92 Å². The topological polar surface area (TPSA) is 46.5 Å². The van der Waals surface area contributed by atoms with Gasteiger partial charge in [-0.1, -0.05) is 107 Å². The van der Waals surface area contributed by atoms with Crippen molar-refractivity contribution >= 4 is 8.25 Å². The molecule has 0 spiro atoms. The number of aryl methyl sites for hydroxylation is 2. The van der Waals surface area contributed by atoms with Gasteiger partial charge in [-0.25, -0.2) is 0 Å². The Hall–Kier alpha value is -1.41. The van der Waals surface area contributed by atoms with Crippen LogP contribution in [0.25, 0.3) is 0 Å². The van der Waals surface area contributed by atoms with Gasteiger partial charge in [-0.2, -0.15) is 0 Å². The normalized spacial score (nSPS) is 14.4. The predicted octanol–water partition coefficient (Wildman–Crippen LogP) is 9.02. The van der Waals surface area contributed by atoms with Crippen LogP contribution in [0.15, 0.2) is 24.3 Å². The Kier molecular flexibility index (Phi) is 8.89. The van der Waals surface area contributed by atoms with Gasteiger partial charge in [-0.3, -0.25) is 4.57 Å². The third-order valence-electron chi connectivity index (χ3n) is 7.19. The quantitative estimate of drug-likeness (QED) is 0.405. The van der Waals surface area contributed by atoms with Crippen LogP contribution in [0.2, 0.25) is 0 Å². The number of benzene rings is 2. The second kappa shape index (κ2) is 10.4. The molecule has 0 saturated heterocycles. The Balaban J connectivity index is 3.04. The molecule has 1 unspecified atom stereocenters. The van der Waals surface area contributed by atoms with E-state index in [9.17, 15) is 9.46 Å². The van der Waals surface area contributed by atoms with Gasteiger partial charge < -0.3 is 9.42 Å². The Morgan fingerprint density at radius 1 is 0.667 bits per heavy atom. The number of hydrogen-bond donors (Lipinski definition) is 1. The molecule has 0 aliphatic rings. The van der Waals surface area contributed by atoms with Gasteiger partial charge in [0.05, 0.1) is 6.61 Å². The second-order valence-electron chi connectivity index (χ2n) is 14.6. The van der Waals surface area contributed by atoms with Gasteiger partial charge in [0.1, 0.15) is 0 Å². The molecule has 0 bridgehead atoms. The summed E-state index contributed by atoms with van der Waals surface area (Å²) in [6.07, 6.45) is 0. The third kappa shape index (κ3) is 7.12. The highest BCUT2D eigenvalue weighted by atomic mass is 31.1. The first-order valence-corrected chi connectivity index (χ1v) is 14.5. The third-order valence-corrected chi connectivity index (χ3v) is 7.61. The maximum absolute atomic E-state index is 11.8. The Morgan fingerprint density at radius 2 is 1.00 bits per heavy atom.